The highest BCUT2D eigenvalue weighted by Gasteiger charge is 1.86. The second-order valence-electron chi connectivity index (χ2n) is 2.17. The Morgan fingerprint density at radius 1 is 1.38 bits per heavy atom. The monoisotopic (exact) mass is 202 g/mol. The molecule has 0 aliphatic heterocycles. The number of hydrogen-bond donors (Lipinski definition) is 3. The number of halogens is 1. The Morgan fingerprint density at radius 2 is 1.77 bits per heavy atom. The van der Waals surface area contributed by atoms with Crippen molar-refractivity contribution in [1.82, 2.24) is 0 Å². The SMILES string of the molecule is NC(=O)O.NCc1ccc(Cl)cc1. The first-order valence-corrected chi connectivity index (χ1v) is 3.87. The van der Waals surface area contributed by atoms with Crippen molar-refractivity contribution < 1.29 is 9.90 Å². The highest BCUT2D eigenvalue weighted by molar-refractivity contribution is 6.30. The molecule has 1 aromatic carbocycles. The number of hydrogen-bond acceptors (Lipinski definition) is 2. The minimum Gasteiger partial charge on any atom is -0.465 e. The summed E-state index contributed by atoms with van der Waals surface area (Å²) in [6, 6.07) is 7.51. The van der Waals surface area contributed by atoms with E-state index in [1.54, 1.807) is 0 Å². The van der Waals surface area contributed by atoms with Gasteiger partial charge < -0.3 is 16.6 Å². The predicted octanol–water partition coefficient (Wildman–Crippen LogP) is 1.42. The Bertz CT molecular complexity index is 257. The van der Waals surface area contributed by atoms with Crippen molar-refractivity contribution in [1.29, 1.82) is 0 Å². The van der Waals surface area contributed by atoms with Crippen LogP contribution in [0.25, 0.3) is 0 Å². The molecule has 5 N–H and O–H groups in total. The molecule has 5 heteroatoms. The summed E-state index contributed by atoms with van der Waals surface area (Å²) in [5, 5.41) is 7.95. The molecular formula is C8H11ClN2O2. The smallest absolute Gasteiger partial charge is 0.402 e. The van der Waals surface area contributed by atoms with E-state index in [-0.39, 0.29) is 0 Å². The van der Waals surface area contributed by atoms with Gasteiger partial charge in [0.2, 0.25) is 0 Å². The molecule has 0 aliphatic rings. The number of benzene rings is 1. The molecule has 0 fully saturated rings. The van der Waals surface area contributed by atoms with Gasteiger partial charge in [0.05, 0.1) is 0 Å². The fourth-order valence-corrected chi connectivity index (χ4v) is 0.746. The van der Waals surface area contributed by atoms with Crippen molar-refractivity contribution in [2.45, 2.75) is 6.54 Å². The van der Waals surface area contributed by atoms with E-state index in [9.17, 15) is 0 Å². The maximum absolute atomic E-state index is 8.78. The van der Waals surface area contributed by atoms with E-state index >= 15 is 0 Å². The summed E-state index contributed by atoms with van der Waals surface area (Å²) in [5.74, 6) is 0. The van der Waals surface area contributed by atoms with Crippen LogP contribution in [0, 0.1) is 0 Å². The van der Waals surface area contributed by atoms with Gasteiger partial charge in [0, 0.05) is 11.6 Å². The quantitative estimate of drug-likeness (QED) is 0.644. The zero-order valence-electron chi connectivity index (χ0n) is 6.90. The van der Waals surface area contributed by atoms with Gasteiger partial charge in [0.15, 0.2) is 0 Å². The van der Waals surface area contributed by atoms with Gasteiger partial charge in [-0.1, -0.05) is 23.7 Å². The third-order valence-electron chi connectivity index (χ3n) is 1.15. The third-order valence-corrected chi connectivity index (χ3v) is 1.40. The molecule has 0 aliphatic carbocycles. The van der Waals surface area contributed by atoms with E-state index in [4.69, 9.17) is 27.2 Å². The molecule has 4 nitrogen and oxygen atoms in total. The van der Waals surface area contributed by atoms with E-state index in [1.807, 2.05) is 24.3 Å². The van der Waals surface area contributed by atoms with Gasteiger partial charge in [-0.2, -0.15) is 0 Å². The summed E-state index contributed by atoms with van der Waals surface area (Å²) in [6.07, 6.45) is -1.33. The molecule has 0 spiro atoms. The summed E-state index contributed by atoms with van der Waals surface area (Å²) < 4.78 is 0. The molecule has 0 atom stereocenters. The first kappa shape index (κ1) is 11.7. The van der Waals surface area contributed by atoms with Gasteiger partial charge in [0.1, 0.15) is 0 Å². The maximum atomic E-state index is 8.78. The van der Waals surface area contributed by atoms with Crippen LogP contribution in [-0.4, -0.2) is 11.2 Å². The van der Waals surface area contributed by atoms with Gasteiger partial charge in [-0.3, -0.25) is 0 Å². The maximum Gasteiger partial charge on any atom is 0.402 e. The molecule has 13 heavy (non-hydrogen) atoms. The third kappa shape index (κ3) is 7.11. The molecule has 0 radical (unpaired) electrons. The average Bonchev–Trinajstić information content (AvgIpc) is 2.05. The normalized spacial score (nSPS) is 8.46. The zero-order valence-corrected chi connectivity index (χ0v) is 7.66. The Hall–Kier alpha value is -1.26. The Kier molecular flexibility index (Phi) is 5.67. The number of nitrogens with two attached hydrogens (primary N) is 2. The highest BCUT2D eigenvalue weighted by Crippen LogP contribution is 2.08. The van der Waals surface area contributed by atoms with E-state index in [0.717, 1.165) is 10.6 Å². The number of amides is 1. The number of rotatable bonds is 1. The van der Waals surface area contributed by atoms with Crippen molar-refractivity contribution in [2.24, 2.45) is 11.5 Å². The fourth-order valence-electron chi connectivity index (χ4n) is 0.620. The van der Waals surface area contributed by atoms with Crippen molar-refractivity contribution >= 4 is 17.7 Å². The van der Waals surface area contributed by atoms with Crippen molar-refractivity contribution in [3.8, 4) is 0 Å². The van der Waals surface area contributed by atoms with Crippen LogP contribution in [-0.2, 0) is 6.54 Å². The van der Waals surface area contributed by atoms with Crippen LogP contribution < -0.4 is 11.5 Å². The van der Waals surface area contributed by atoms with E-state index < -0.39 is 6.09 Å². The number of carboxylic acid groups (broad SMARTS) is 1. The van der Waals surface area contributed by atoms with Crippen LogP contribution in [0.15, 0.2) is 24.3 Å². The van der Waals surface area contributed by atoms with Crippen molar-refractivity contribution in [3.05, 3.63) is 34.9 Å². The topological polar surface area (TPSA) is 89.3 Å². The zero-order chi connectivity index (χ0) is 10.3. The van der Waals surface area contributed by atoms with Crippen molar-refractivity contribution in [2.75, 3.05) is 0 Å². The molecule has 1 aromatic rings. The second kappa shape index (κ2) is 6.28. The van der Waals surface area contributed by atoms with E-state index in [2.05, 4.69) is 5.73 Å². The molecule has 0 unspecified atom stereocenters. The molecule has 0 heterocycles. The lowest BCUT2D eigenvalue weighted by Gasteiger charge is -1.93. The minimum atomic E-state index is -1.33. The van der Waals surface area contributed by atoms with Gasteiger partial charge in [-0.15, -0.1) is 0 Å². The molecule has 0 saturated heterocycles. The van der Waals surface area contributed by atoms with Crippen LogP contribution in [0.3, 0.4) is 0 Å². The lowest BCUT2D eigenvalue weighted by molar-refractivity contribution is 0.205. The molecule has 0 bridgehead atoms. The lowest BCUT2D eigenvalue weighted by Crippen LogP contribution is -2.03. The van der Waals surface area contributed by atoms with Gasteiger partial charge >= 0.3 is 6.09 Å². The molecule has 72 valence electrons. The van der Waals surface area contributed by atoms with Crippen molar-refractivity contribution in [3.63, 3.8) is 0 Å². The van der Waals surface area contributed by atoms with E-state index in [0.29, 0.717) is 6.54 Å². The van der Waals surface area contributed by atoms with Gasteiger partial charge in [0.25, 0.3) is 0 Å². The van der Waals surface area contributed by atoms with E-state index in [1.165, 1.54) is 0 Å². The largest absolute Gasteiger partial charge is 0.465 e. The second-order valence-corrected chi connectivity index (χ2v) is 2.61. The Labute approximate surface area is 81.1 Å². The minimum absolute atomic E-state index is 0.581. The summed E-state index contributed by atoms with van der Waals surface area (Å²) in [7, 11) is 0. The summed E-state index contributed by atoms with van der Waals surface area (Å²) in [5.41, 5.74) is 10.5. The fraction of sp³-hybridized carbons (Fsp3) is 0.125. The number of primary amides is 1. The van der Waals surface area contributed by atoms with Crippen LogP contribution in [0.4, 0.5) is 4.79 Å². The molecule has 1 amide bonds. The summed E-state index contributed by atoms with van der Waals surface area (Å²) in [6.45, 7) is 0.581. The van der Waals surface area contributed by atoms with Gasteiger partial charge in [-0.25, -0.2) is 4.79 Å². The number of carbonyl (C=O) groups is 1. The average molecular weight is 203 g/mol. The van der Waals surface area contributed by atoms with Crippen LogP contribution in [0.5, 0.6) is 0 Å². The van der Waals surface area contributed by atoms with Crippen LogP contribution in [0.1, 0.15) is 5.56 Å². The standard InChI is InChI=1S/C7H8ClN.CH3NO2/c8-7-3-1-6(5-9)2-4-7;2-1(3)4/h1-4H,5,9H2;2H2,(H,3,4). The molecule has 0 aromatic heterocycles. The highest BCUT2D eigenvalue weighted by atomic mass is 35.5. The summed E-state index contributed by atoms with van der Waals surface area (Å²) >= 11 is 5.63. The van der Waals surface area contributed by atoms with Crippen LogP contribution >= 0.6 is 11.6 Å². The van der Waals surface area contributed by atoms with Crippen LogP contribution in [0.2, 0.25) is 5.02 Å². The first-order chi connectivity index (χ1) is 6.06. The Balaban J connectivity index is 0.000000310. The predicted molar refractivity (Wildman–Crippen MR) is 51.6 cm³/mol. The lowest BCUT2D eigenvalue weighted by atomic mass is 10.2. The molecular weight excluding hydrogens is 192 g/mol. The first-order valence-electron chi connectivity index (χ1n) is 3.49. The Morgan fingerprint density at radius 3 is 2.08 bits per heavy atom. The van der Waals surface area contributed by atoms with Gasteiger partial charge in [-0.05, 0) is 17.7 Å². The molecule has 1 rings (SSSR count). The molecule has 0 saturated carbocycles. The summed E-state index contributed by atoms with van der Waals surface area (Å²) in [4.78, 5) is 8.78.